The number of nitrogens with one attached hydrogen (secondary N) is 2. The van der Waals surface area contributed by atoms with Crippen LogP contribution in [0.3, 0.4) is 0 Å². The quantitative estimate of drug-likeness (QED) is 0.394. The molecule has 0 radical (unpaired) electrons. The molecule has 13 heteroatoms. The average molecular weight is 572 g/mol. The van der Waals surface area contributed by atoms with E-state index >= 15 is 0 Å². The van der Waals surface area contributed by atoms with Gasteiger partial charge < -0.3 is 15.3 Å². The summed E-state index contributed by atoms with van der Waals surface area (Å²) in [5.41, 5.74) is 2.21. The number of alkyl halides is 3. The number of anilines is 1. The second kappa shape index (κ2) is 14.5. The Bertz CT molecular complexity index is 1200. The Kier molecular flexibility index (Phi) is 11.8. The van der Waals surface area contributed by atoms with Gasteiger partial charge >= 0.3 is 12.1 Å². The molecular formula is C26H32F3N3O6S. The Morgan fingerprint density at radius 1 is 1.00 bits per heavy atom. The molecular weight excluding hydrogens is 539 g/mol. The number of halogens is 3. The van der Waals surface area contributed by atoms with Crippen molar-refractivity contribution >= 4 is 33.5 Å². The van der Waals surface area contributed by atoms with E-state index in [4.69, 9.17) is 9.90 Å². The van der Waals surface area contributed by atoms with Crippen molar-refractivity contribution in [1.29, 1.82) is 0 Å². The van der Waals surface area contributed by atoms with Gasteiger partial charge in [0.25, 0.3) is 5.91 Å². The van der Waals surface area contributed by atoms with Crippen LogP contribution in [0.15, 0.2) is 54.6 Å². The third kappa shape index (κ3) is 11.0. The van der Waals surface area contributed by atoms with Gasteiger partial charge in [-0.3, -0.25) is 14.3 Å². The first kappa shape index (κ1) is 31.6. The molecule has 1 saturated heterocycles. The molecule has 9 nitrogen and oxygen atoms in total. The lowest BCUT2D eigenvalue weighted by Gasteiger charge is -2.31. The lowest BCUT2D eigenvalue weighted by atomic mass is 9.95. The van der Waals surface area contributed by atoms with E-state index in [2.05, 4.69) is 22.2 Å². The number of aryl methyl sites for hydroxylation is 1. The summed E-state index contributed by atoms with van der Waals surface area (Å²) in [7, 11) is -3.35. The van der Waals surface area contributed by atoms with E-state index in [0.717, 1.165) is 12.8 Å². The maximum atomic E-state index is 12.8. The number of amides is 2. The number of carbonyl (C=O) groups excluding carboxylic acids is 2. The minimum atomic E-state index is -5.08. The van der Waals surface area contributed by atoms with Gasteiger partial charge in [0.1, 0.15) is 0 Å². The number of hydrogen-bond donors (Lipinski definition) is 3. The number of rotatable bonds is 9. The largest absolute Gasteiger partial charge is 0.490 e. The zero-order valence-electron chi connectivity index (χ0n) is 21.4. The maximum Gasteiger partial charge on any atom is 0.490 e. The molecule has 0 bridgehead atoms. The molecule has 1 fully saturated rings. The van der Waals surface area contributed by atoms with Crippen LogP contribution < -0.4 is 10.0 Å². The van der Waals surface area contributed by atoms with E-state index in [1.165, 1.54) is 5.56 Å². The molecule has 0 unspecified atom stereocenters. The first-order valence-electron chi connectivity index (χ1n) is 12.3. The zero-order valence-corrected chi connectivity index (χ0v) is 22.2. The van der Waals surface area contributed by atoms with Crippen LogP contribution >= 0.6 is 0 Å². The Balaban J connectivity index is 0.000000673. The van der Waals surface area contributed by atoms with E-state index in [1.807, 2.05) is 18.2 Å². The second-order valence-corrected chi connectivity index (χ2v) is 10.8. The molecule has 1 aliphatic heterocycles. The standard InChI is InChI=1S/C24H31N3O4S.C2HF3O2/c1-2-32(30,31)26-22-12-10-21(11-13-22)24(29)27-17-14-20(15-18-27)23(28)25-16-6-9-19-7-4-3-5-8-19;3-2(4,5)1(6)7/h3-5,7-8,10-13,20,26H,2,6,9,14-18H2,1H3,(H,25,28);(H,6,7). The van der Waals surface area contributed by atoms with Crippen molar-refractivity contribution in [2.75, 3.05) is 30.1 Å². The first-order chi connectivity index (χ1) is 18.3. The van der Waals surface area contributed by atoms with Gasteiger partial charge in [-0.15, -0.1) is 0 Å². The number of nitrogens with zero attached hydrogens (tertiary/aromatic N) is 1. The fourth-order valence-corrected chi connectivity index (χ4v) is 4.39. The predicted molar refractivity (Wildman–Crippen MR) is 140 cm³/mol. The number of benzene rings is 2. The van der Waals surface area contributed by atoms with Gasteiger partial charge in [0.15, 0.2) is 0 Å². The average Bonchev–Trinajstić information content (AvgIpc) is 2.91. The number of hydrogen-bond acceptors (Lipinski definition) is 5. The van der Waals surface area contributed by atoms with Gasteiger partial charge in [-0.25, -0.2) is 13.2 Å². The summed E-state index contributed by atoms with van der Waals surface area (Å²) < 4.78 is 57.5. The van der Waals surface area contributed by atoms with Gasteiger partial charge in [0.05, 0.1) is 5.75 Å². The highest BCUT2D eigenvalue weighted by molar-refractivity contribution is 7.92. The summed E-state index contributed by atoms with van der Waals surface area (Å²) in [6.07, 6.45) is -1.96. The minimum Gasteiger partial charge on any atom is -0.475 e. The van der Waals surface area contributed by atoms with Crippen molar-refractivity contribution in [2.45, 2.75) is 38.8 Å². The summed E-state index contributed by atoms with van der Waals surface area (Å²) in [5.74, 6) is -2.87. The van der Waals surface area contributed by atoms with Crippen LogP contribution in [-0.2, 0) is 26.0 Å². The highest BCUT2D eigenvalue weighted by Gasteiger charge is 2.38. The normalized spacial score (nSPS) is 14.1. The molecule has 1 heterocycles. The fraction of sp³-hybridized carbons (Fsp3) is 0.423. The molecule has 0 saturated carbocycles. The van der Waals surface area contributed by atoms with Crippen molar-refractivity contribution in [3.05, 3.63) is 65.7 Å². The molecule has 2 aromatic carbocycles. The smallest absolute Gasteiger partial charge is 0.475 e. The number of carboxylic acid groups (broad SMARTS) is 1. The number of sulfonamides is 1. The number of likely N-dealkylation sites (tertiary alicyclic amines) is 1. The Labute approximate surface area is 225 Å². The zero-order chi connectivity index (χ0) is 29.1. The van der Waals surface area contributed by atoms with Crippen LogP contribution in [0.2, 0.25) is 0 Å². The van der Waals surface area contributed by atoms with E-state index < -0.39 is 22.2 Å². The summed E-state index contributed by atoms with van der Waals surface area (Å²) in [4.78, 5) is 35.9. The second-order valence-electron chi connectivity index (χ2n) is 8.83. The van der Waals surface area contributed by atoms with E-state index in [0.29, 0.717) is 43.7 Å². The summed E-state index contributed by atoms with van der Waals surface area (Å²) in [6.45, 7) is 3.28. The first-order valence-corrected chi connectivity index (χ1v) is 14.0. The summed E-state index contributed by atoms with van der Waals surface area (Å²) in [6, 6.07) is 16.7. The van der Waals surface area contributed by atoms with Crippen molar-refractivity contribution in [3.63, 3.8) is 0 Å². The molecule has 1 aliphatic rings. The lowest BCUT2D eigenvalue weighted by Crippen LogP contribution is -2.43. The molecule has 0 atom stereocenters. The van der Waals surface area contributed by atoms with E-state index in [9.17, 15) is 31.2 Å². The summed E-state index contributed by atoms with van der Waals surface area (Å²) >= 11 is 0. The Morgan fingerprint density at radius 3 is 2.08 bits per heavy atom. The Morgan fingerprint density at radius 2 is 1.56 bits per heavy atom. The van der Waals surface area contributed by atoms with Gasteiger partial charge in [0.2, 0.25) is 15.9 Å². The topological polar surface area (TPSA) is 133 Å². The van der Waals surface area contributed by atoms with E-state index in [-0.39, 0.29) is 23.5 Å². The molecule has 2 amide bonds. The Hall–Kier alpha value is -3.61. The SMILES string of the molecule is CCS(=O)(=O)Nc1ccc(C(=O)N2CCC(C(=O)NCCCc3ccccc3)CC2)cc1.O=C(O)C(F)(F)F. The van der Waals surface area contributed by atoms with Crippen LogP contribution in [-0.4, -0.2) is 67.8 Å². The van der Waals surface area contributed by atoms with Crippen LogP contribution in [0, 0.1) is 5.92 Å². The molecule has 0 aromatic heterocycles. The number of piperidine rings is 1. The highest BCUT2D eigenvalue weighted by Crippen LogP contribution is 2.20. The number of carboxylic acids is 1. The van der Waals surface area contributed by atoms with Crippen LogP contribution in [0.4, 0.5) is 18.9 Å². The maximum absolute atomic E-state index is 12.8. The van der Waals surface area contributed by atoms with Gasteiger partial charge in [-0.2, -0.15) is 13.2 Å². The lowest BCUT2D eigenvalue weighted by molar-refractivity contribution is -0.192. The number of carbonyl (C=O) groups is 3. The van der Waals surface area contributed by atoms with Crippen molar-refractivity contribution < 1.29 is 41.1 Å². The van der Waals surface area contributed by atoms with Crippen molar-refractivity contribution in [2.24, 2.45) is 5.92 Å². The van der Waals surface area contributed by atoms with Crippen molar-refractivity contribution in [3.8, 4) is 0 Å². The molecule has 39 heavy (non-hydrogen) atoms. The minimum absolute atomic E-state index is 0.0107. The third-order valence-electron chi connectivity index (χ3n) is 5.96. The van der Waals surface area contributed by atoms with Crippen LogP contribution in [0.1, 0.15) is 42.1 Å². The number of aliphatic carboxylic acids is 1. The molecule has 2 aromatic rings. The van der Waals surface area contributed by atoms with Gasteiger partial charge in [0, 0.05) is 36.8 Å². The third-order valence-corrected chi connectivity index (χ3v) is 7.27. The highest BCUT2D eigenvalue weighted by atomic mass is 32.2. The monoisotopic (exact) mass is 571 g/mol. The fourth-order valence-electron chi connectivity index (χ4n) is 3.75. The van der Waals surface area contributed by atoms with Crippen LogP contribution in [0.25, 0.3) is 0 Å². The molecule has 3 rings (SSSR count). The molecule has 0 aliphatic carbocycles. The van der Waals surface area contributed by atoms with Crippen molar-refractivity contribution in [1.82, 2.24) is 10.2 Å². The van der Waals surface area contributed by atoms with E-state index in [1.54, 1.807) is 36.1 Å². The molecule has 3 N–H and O–H groups in total. The van der Waals surface area contributed by atoms with Gasteiger partial charge in [-0.05, 0) is 62.4 Å². The van der Waals surface area contributed by atoms with Crippen LogP contribution in [0.5, 0.6) is 0 Å². The van der Waals surface area contributed by atoms with Gasteiger partial charge in [-0.1, -0.05) is 30.3 Å². The molecule has 214 valence electrons. The molecule has 0 spiro atoms. The predicted octanol–water partition coefficient (Wildman–Crippen LogP) is 3.68. The summed E-state index contributed by atoms with van der Waals surface area (Å²) in [5, 5.41) is 10.2.